The van der Waals surface area contributed by atoms with Crippen LogP contribution in [0.5, 0.6) is 0 Å². The molecule has 6 nitrogen and oxygen atoms in total. The number of rotatable bonds is 6. The van der Waals surface area contributed by atoms with Crippen LogP contribution < -0.4 is 10.5 Å². The summed E-state index contributed by atoms with van der Waals surface area (Å²) in [5, 5.41) is 6.06. The van der Waals surface area contributed by atoms with E-state index in [1.807, 2.05) is 6.92 Å². The van der Waals surface area contributed by atoms with Gasteiger partial charge in [-0.15, -0.1) is 0 Å². The lowest BCUT2D eigenvalue weighted by molar-refractivity contribution is 0.521. The van der Waals surface area contributed by atoms with Crippen molar-refractivity contribution in [3.8, 4) is 0 Å². The maximum Gasteiger partial charge on any atom is 0.243 e. The summed E-state index contributed by atoms with van der Waals surface area (Å²) in [6, 6.07) is -0.116. The van der Waals surface area contributed by atoms with Crippen LogP contribution in [0.1, 0.15) is 19.8 Å². The van der Waals surface area contributed by atoms with Gasteiger partial charge in [-0.25, -0.2) is 13.1 Å². The lowest BCUT2D eigenvalue weighted by Gasteiger charge is -2.14. The fourth-order valence-electron chi connectivity index (χ4n) is 1.22. The molecule has 15 heavy (non-hydrogen) atoms. The largest absolute Gasteiger partial charge is 0.330 e. The number of nitrogens with zero attached hydrogens (tertiary/aromatic N) is 1. The van der Waals surface area contributed by atoms with Crippen LogP contribution in [-0.2, 0) is 10.0 Å². The first-order valence-electron chi connectivity index (χ1n) is 4.81. The Balaban J connectivity index is 2.72. The molecule has 0 aliphatic carbocycles. The van der Waals surface area contributed by atoms with Gasteiger partial charge in [0.1, 0.15) is 4.90 Å². The Morgan fingerprint density at radius 2 is 2.40 bits per heavy atom. The minimum absolute atomic E-state index is 0.116. The van der Waals surface area contributed by atoms with Gasteiger partial charge in [0.2, 0.25) is 10.0 Å². The molecular weight excluding hydrogens is 216 g/mol. The van der Waals surface area contributed by atoms with Gasteiger partial charge in [-0.1, -0.05) is 6.92 Å². The van der Waals surface area contributed by atoms with Crippen molar-refractivity contribution in [2.45, 2.75) is 30.7 Å². The second-order valence-corrected chi connectivity index (χ2v) is 4.95. The number of hydrogen-bond donors (Lipinski definition) is 3. The molecule has 1 atom stereocenters. The second kappa shape index (κ2) is 5.24. The first-order chi connectivity index (χ1) is 7.10. The highest BCUT2D eigenvalue weighted by atomic mass is 32.2. The van der Waals surface area contributed by atoms with Gasteiger partial charge in [-0.3, -0.25) is 5.10 Å². The quantitative estimate of drug-likeness (QED) is 0.633. The van der Waals surface area contributed by atoms with E-state index in [2.05, 4.69) is 14.9 Å². The van der Waals surface area contributed by atoms with Crippen LogP contribution in [0.4, 0.5) is 0 Å². The molecule has 0 aliphatic heterocycles. The molecule has 1 heterocycles. The Morgan fingerprint density at radius 3 is 2.87 bits per heavy atom. The highest BCUT2D eigenvalue weighted by Crippen LogP contribution is 2.07. The van der Waals surface area contributed by atoms with Gasteiger partial charge < -0.3 is 5.73 Å². The first kappa shape index (κ1) is 12.2. The Hall–Kier alpha value is -0.920. The topological polar surface area (TPSA) is 101 Å². The van der Waals surface area contributed by atoms with E-state index in [-0.39, 0.29) is 10.9 Å². The van der Waals surface area contributed by atoms with Crippen LogP contribution in [0.25, 0.3) is 0 Å². The Morgan fingerprint density at radius 1 is 1.67 bits per heavy atom. The highest BCUT2D eigenvalue weighted by Gasteiger charge is 2.19. The van der Waals surface area contributed by atoms with Crippen molar-refractivity contribution in [2.75, 3.05) is 6.54 Å². The molecule has 0 saturated carbocycles. The molecule has 0 fully saturated rings. The fourth-order valence-corrected chi connectivity index (χ4v) is 2.48. The third-order valence-electron chi connectivity index (χ3n) is 2.11. The average Bonchev–Trinajstić information content (AvgIpc) is 2.70. The minimum Gasteiger partial charge on any atom is -0.330 e. The van der Waals surface area contributed by atoms with Gasteiger partial charge >= 0.3 is 0 Å². The fraction of sp³-hybridized carbons (Fsp3) is 0.625. The molecule has 0 aromatic carbocycles. The number of sulfonamides is 1. The van der Waals surface area contributed by atoms with E-state index < -0.39 is 10.0 Å². The minimum atomic E-state index is -3.45. The van der Waals surface area contributed by atoms with Crippen molar-refractivity contribution < 1.29 is 8.42 Å². The van der Waals surface area contributed by atoms with Crippen LogP contribution >= 0.6 is 0 Å². The molecule has 0 saturated heterocycles. The zero-order valence-corrected chi connectivity index (χ0v) is 9.42. The molecule has 1 unspecified atom stereocenters. The van der Waals surface area contributed by atoms with Gasteiger partial charge in [0, 0.05) is 12.2 Å². The molecule has 0 bridgehead atoms. The molecule has 7 heteroatoms. The predicted molar refractivity (Wildman–Crippen MR) is 56.7 cm³/mol. The maximum absolute atomic E-state index is 11.7. The molecule has 0 radical (unpaired) electrons. The summed E-state index contributed by atoms with van der Waals surface area (Å²) >= 11 is 0. The summed E-state index contributed by atoms with van der Waals surface area (Å²) in [5.41, 5.74) is 5.39. The molecule has 4 N–H and O–H groups in total. The number of aromatic amines is 1. The first-order valence-corrected chi connectivity index (χ1v) is 6.29. The number of hydrogen-bond acceptors (Lipinski definition) is 4. The van der Waals surface area contributed by atoms with Crippen molar-refractivity contribution in [3.05, 3.63) is 12.4 Å². The lowest BCUT2D eigenvalue weighted by Crippen LogP contribution is -2.35. The van der Waals surface area contributed by atoms with Crippen LogP contribution in [0.2, 0.25) is 0 Å². The number of nitrogens with two attached hydrogens (primary N) is 1. The summed E-state index contributed by atoms with van der Waals surface area (Å²) in [6.07, 6.45) is 3.97. The zero-order chi connectivity index (χ0) is 11.3. The maximum atomic E-state index is 11.7. The highest BCUT2D eigenvalue weighted by molar-refractivity contribution is 7.89. The summed E-state index contributed by atoms with van der Waals surface area (Å²) < 4.78 is 26.0. The molecule has 1 aromatic heterocycles. The van der Waals surface area contributed by atoms with Crippen LogP contribution in [0.3, 0.4) is 0 Å². The van der Waals surface area contributed by atoms with E-state index in [1.54, 1.807) is 0 Å². The van der Waals surface area contributed by atoms with E-state index in [1.165, 1.54) is 12.4 Å². The smallest absolute Gasteiger partial charge is 0.243 e. The summed E-state index contributed by atoms with van der Waals surface area (Å²) in [4.78, 5) is 0.151. The van der Waals surface area contributed by atoms with Crippen molar-refractivity contribution >= 4 is 10.0 Å². The van der Waals surface area contributed by atoms with Gasteiger partial charge in [0.05, 0.1) is 6.20 Å². The number of H-pyrrole nitrogens is 1. The van der Waals surface area contributed by atoms with Crippen LogP contribution in [0, 0.1) is 0 Å². The Labute approximate surface area is 89.3 Å². The summed E-state index contributed by atoms with van der Waals surface area (Å²) in [5.74, 6) is 0. The monoisotopic (exact) mass is 232 g/mol. The second-order valence-electron chi connectivity index (χ2n) is 3.24. The van der Waals surface area contributed by atoms with Gasteiger partial charge in [0.15, 0.2) is 0 Å². The Bertz CT molecular complexity index is 373. The Kier molecular flexibility index (Phi) is 4.25. The van der Waals surface area contributed by atoms with E-state index in [9.17, 15) is 8.42 Å². The molecule has 0 aliphatic rings. The van der Waals surface area contributed by atoms with Gasteiger partial charge in [-0.05, 0) is 19.4 Å². The van der Waals surface area contributed by atoms with Crippen molar-refractivity contribution in [2.24, 2.45) is 5.73 Å². The number of aromatic nitrogens is 2. The summed E-state index contributed by atoms with van der Waals surface area (Å²) in [6.45, 7) is 2.38. The van der Waals surface area contributed by atoms with Crippen molar-refractivity contribution in [1.29, 1.82) is 0 Å². The van der Waals surface area contributed by atoms with Crippen molar-refractivity contribution in [3.63, 3.8) is 0 Å². The van der Waals surface area contributed by atoms with Gasteiger partial charge in [-0.2, -0.15) is 5.10 Å². The van der Waals surface area contributed by atoms with Crippen LogP contribution in [-0.4, -0.2) is 31.2 Å². The molecular formula is C8H16N4O2S. The molecule has 86 valence electrons. The summed E-state index contributed by atoms with van der Waals surface area (Å²) in [7, 11) is -3.45. The predicted octanol–water partition coefficient (Wildman–Crippen LogP) is -0.185. The van der Waals surface area contributed by atoms with E-state index in [0.29, 0.717) is 19.4 Å². The number of nitrogens with one attached hydrogen (secondary N) is 2. The zero-order valence-electron chi connectivity index (χ0n) is 8.60. The van der Waals surface area contributed by atoms with E-state index in [0.717, 1.165) is 0 Å². The lowest BCUT2D eigenvalue weighted by atomic mass is 10.2. The SMILES string of the molecule is CCC(CCN)NS(=O)(=O)c1cn[nH]c1. The third-order valence-corrected chi connectivity index (χ3v) is 3.60. The molecule has 0 amide bonds. The standard InChI is InChI=1S/C8H16N4O2S/c1-2-7(3-4-9)12-15(13,14)8-5-10-11-6-8/h5-7,12H,2-4,9H2,1H3,(H,10,11). The molecule has 0 spiro atoms. The normalized spacial score (nSPS) is 14.0. The van der Waals surface area contributed by atoms with Gasteiger partial charge in [0.25, 0.3) is 0 Å². The third kappa shape index (κ3) is 3.29. The average molecular weight is 232 g/mol. The molecule has 1 rings (SSSR count). The van der Waals surface area contributed by atoms with Crippen LogP contribution in [0.15, 0.2) is 17.3 Å². The van der Waals surface area contributed by atoms with E-state index >= 15 is 0 Å². The van der Waals surface area contributed by atoms with E-state index in [4.69, 9.17) is 5.73 Å². The molecule has 1 aromatic rings. The van der Waals surface area contributed by atoms with Crippen molar-refractivity contribution in [1.82, 2.24) is 14.9 Å².